The molecule has 0 saturated carbocycles. The van der Waals surface area contributed by atoms with E-state index in [0.717, 1.165) is 28.4 Å². The molecule has 2 nitrogen and oxygen atoms in total. The normalized spacial score (nSPS) is 12.9. The molecule has 1 atom stereocenters. The van der Waals surface area contributed by atoms with Crippen molar-refractivity contribution in [1.29, 1.82) is 0 Å². The topological polar surface area (TPSA) is 6.48 Å². The third-order valence-corrected chi connectivity index (χ3v) is 14.3. The Morgan fingerprint density at radius 1 is 0.310 bits per heavy atom. The number of hydrogen-bond acceptors (Lipinski definition) is 2. The second-order valence-corrected chi connectivity index (χ2v) is 18.3. The predicted octanol–water partition coefficient (Wildman–Crippen LogP) is 19.2. The van der Waals surface area contributed by atoms with E-state index in [9.17, 15) is 0 Å². The van der Waals surface area contributed by atoms with E-state index in [0.29, 0.717) is 0 Å². The standard InChI is InChI=1S/C69H48N2/c1-6-23-48(24-7-1)55-34-16-18-36-57(55)68-59-38-20-21-39-60(59)69(58-37-19-17-35-56(58)49-25-8-2-9-26-49)64-47-54(42-43-61(64)68)71(53-32-14-5-15-33-53)66-46-44-63-65(45-41-50-27-22-40-62(66)67(50)63)70(51-28-10-3-11-29-51)52-30-12-4-13-31-52/h1-47,66H. The van der Waals surface area contributed by atoms with Crippen molar-refractivity contribution >= 4 is 66.8 Å². The highest BCUT2D eigenvalue weighted by Crippen LogP contribution is 2.51. The first-order valence-corrected chi connectivity index (χ1v) is 24.5. The van der Waals surface area contributed by atoms with Gasteiger partial charge in [-0.05, 0) is 137 Å². The molecule has 0 saturated heterocycles. The maximum atomic E-state index is 2.55. The van der Waals surface area contributed by atoms with Crippen molar-refractivity contribution < 1.29 is 0 Å². The Kier molecular flexibility index (Phi) is 10.6. The van der Waals surface area contributed by atoms with Crippen LogP contribution in [-0.4, -0.2) is 0 Å². The summed E-state index contributed by atoms with van der Waals surface area (Å²) in [5.74, 6) is 0. The molecule has 0 aliphatic heterocycles. The van der Waals surface area contributed by atoms with E-state index in [1.54, 1.807) is 0 Å². The highest BCUT2D eigenvalue weighted by Gasteiger charge is 2.30. The number of anilines is 5. The van der Waals surface area contributed by atoms with Crippen LogP contribution in [0.15, 0.2) is 279 Å². The van der Waals surface area contributed by atoms with Gasteiger partial charge in [0.1, 0.15) is 0 Å². The first-order chi connectivity index (χ1) is 35.3. The van der Waals surface area contributed by atoms with Crippen LogP contribution in [-0.2, 0) is 0 Å². The first-order valence-electron chi connectivity index (χ1n) is 24.5. The van der Waals surface area contributed by atoms with Crippen LogP contribution in [0.3, 0.4) is 0 Å². The summed E-state index contributed by atoms with van der Waals surface area (Å²) in [6.45, 7) is 0. The summed E-state index contributed by atoms with van der Waals surface area (Å²) in [7, 11) is 0. The van der Waals surface area contributed by atoms with Crippen molar-refractivity contribution in [3.8, 4) is 44.5 Å². The molecule has 1 aliphatic rings. The molecule has 12 aromatic carbocycles. The van der Waals surface area contributed by atoms with Crippen molar-refractivity contribution in [3.05, 3.63) is 290 Å². The lowest BCUT2D eigenvalue weighted by atomic mass is 9.82. The molecule has 1 aliphatic carbocycles. The fraction of sp³-hybridized carbons (Fsp3) is 0.0145. The van der Waals surface area contributed by atoms with Gasteiger partial charge in [0.25, 0.3) is 0 Å². The van der Waals surface area contributed by atoms with Crippen LogP contribution in [0.2, 0.25) is 0 Å². The molecule has 0 amide bonds. The summed E-state index contributed by atoms with van der Waals surface area (Å²) in [6, 6.07) is 99.5. The number of para-hydroxylation sites is 3. The molecule has 0 fully saturated rings. The maximum absolute atomic E-state index is 2.55. The molecule has 334 valence electrons. The van der Waals surface area contributed by atoms with Gasteiger partial charge in [-0.25, -0.2) is 0 Å². The van der Waals surface area contributed by atoms with Gasteiger partial charge >= 0.3 is 0 Å². The van der Waals surface area contributed by atoms with Crippen molar-refractivity contribution in [1.82, 2.24) is 0 Å². The quantitative estimate of drug-likeness (QED) is 0.126. The third-order valence-electron chi connectivity index (χ3n) is 14.3. The van der Waals surface area contributed by atoms with Gasteiger partial charge in [0.2, 0.25) is 0 Å². The average Bonchev–Trinajstić information content (AvgIpc) is 3.45. The molecule has 12 aromatic rings. The zero-order valence-electron chi connectivity index (χ0n) is 39.1. The minimum absolute atomic E-state index is 0.123. The van der Waals surface area contributed by atoms with Gasteiger partial charge < -0.3 is 9.80 Å². The van der Waals surface area contributed by atoms with Crippen LogP contribution >= 0.6 is 0 Å². The Morgan fingerprint density at radius 3 is 1.34 bits per heavy atom. The smallest absolute Gasteiger partial charge is 0.0785 e. The van der Waals surface area contributed by atoms with Crippen molar-refractivity contribution in [2.45, 2.75) is 6.04 Å². The summed E-state index contributed by atoms with van der Waals surface area (Å²) in [5, 5.41) is 7.33. The predicted molar refractivity (Wildman–Crippen MR) is 302 cm³/mol. The van der Waals surface area contributed by atoms with Crippen LogP contribution in [0.5, 0.6) is 0 Å². The lowest BCUT2D eigenvalue weighted by Gasteiger charge is -2.36. The minimum Gasteiger partial charge on any atom is -0.330 e. The Bertz CT molecular complexity index is 3880. The molecule has 13 rings (SSSR count). The van der Waals surface area contributed by atoms with Crippen LogP contribution in [0, 0.1) is 0 Å². The molecule has 0 aromatic heterocycles. The number of hydrogen-bond donors (Lipinski definition) is 0. The number of benzene rings is 12. The fourth-order valence-electron chi connectivity index (χ4n) is 11.2. The van der Waals surface area contributed by atoms with Crippen LogP contribution in [0.25, 0.3) is 82.9 Å². The third kappa shape index (κ3) is 7.37. The molecule has 1 unspecified atom stereocenters. The number of rotatable bonds is 10. The van der Waals surface area contributed by atoms with Crippen molar-refractivity contribution in [2.24, 2.45) is 0 Å². The van der Waals surface area contributed by atoms with E-state index in [4.69, 9.17) is 0 Å². The SMILES string of the molecule is C1=CC(N(c2ccccc2)c2ccc3c(-c4ccccc4-c4ccccc4)c4ccccc4c(-c4ccccc4-c4ccccc4)c3c2)c2cccc3ccc(N(c4ccccc4)c4ccccc4)c1c23. The summed E-state index contributed by atoms with van der Waals surface area (Å²) >= 11 is 0. The van der Waals surface area contributed by atoms with E-state index in [2.05, 4.69) is 295 Å². The summed E-state index contributed by atoms with van der Waals surface area (Å²) < 4.78 is 0. The van der Waals surface area contributed by atoms with Crippen LogP contribution < -0.4 is 9.80 Å². The van der Waals surface area contributed by atoms with Gasteiger partial charge in [-0.15, -0.1) is 0 Å². The largest absolute Gasteiger partial charge is 0.330 e. The first kappa shape index (κ1) is 41.9. The van der Waals surface area contributed by atoms with Gasteiger partial charge in [-0.1, -0.05) is 231 Å². The summed E-state index contributed by atoms with van der Waals surface area (Å²) in [5.41, 5.74) is 17.8. The fourth-order valence-corrected chi connectivity index (χ4v) is 11.2. The minimum atomic E-state index is -0.123. The van der Waals surface area contributed by atoms with Crippen LogP contribution in [0.1, 0.15) is 17.2 Å². The molecular weight excluding hydrogens is 857 g/mol. The molecule has 0 bridgehead atoms. The highest BCUT2D eigenvalue weighted by molar-refractivity contribution is 6.24. The van der Waals surface area contributed by atoms with Gasteiger partial charge in [0, 0.05) is 28.3 Å². The number of nitrogens with zero attached hydrogens (tertiary/aromatic N) is 2. The van der Waals surface area contributed by atoms with Gasteiger partial charge in [-0.2, -0.15) is 0 Å². The van der Waals surface area contributed by atoms with Crippen LogP contribution in [0.4, 0.5) is 28.4 Å². The Hall–Kier alpha value is -9.24. The van der Waals surface area contributed by atoms with E-state index < -0.39 is 0 Å². The van der Waals surface area contributed by atoms with Gasteiger partial charge in [0.05, 0.1) is 11.7 Å². The lowest BCUT2D eigenvalue weighted by Crippen LogP contribution is -2.24. The second-order valence-electron chi connectivity index (χ2n) is 18.3. The molecule has 0 heterocycles. The maximum Gasteiger partial charge on any atom is 0.0785 e. The molecule has 2 heteroatoms. The van der Waals surface area contributed by atoms with Gasteiger partial charge in [0.15, 0.2) is 0 Å². The zero-order chi connectivity index (χ0) is 47.1. The molecular formula is C69H48N2. The zero-order valence-corrected chi connectivity index (χ0v) is 39.1. The van der Waals surface area contributed by atoms with Crippen molar-refractivity contribution in [2.75, 3.05) is 9.80 Å². The molecule has 0 radical (unpaired) electrons. The molecule has 71 heavy (non-hydrogen) atoms. The highest BCUT2D eigenvalue weighted by atomic mass is 15.2. The van der Waals surface area contributed by atoms with Crippen molar-refractivity contribution in [3.63, 3.8) is 0 Å². The Morgan fingerprint density at radius 2 is 0.775 bits per heavy atom. The molecule has 0 N–H and O–H groups in total. The number of fused-ring (bicyclic) bond motifs is 2. The monoisotopic (exact) mass is 904 g/mol. The average molecular weight is 905 g/mol. The van der Waals surface area contributed by atoms with E-state index in [1.807, 2.05) is 0 Å². The van der Waals surface area contributed by atoms with E-state index in [-0.39, 0.29) is 6.04 Å². The summed E-state index contributed by atoms with van der Waals surface area (Å²) in [6.07, 6.45) is 4.79. The van der Waals surface area contributed by atoms with E-state index >= 15 is 0 Å². The Labute approximate surface area is 415 Å². The van der Waals surface area contributed by atoms with Gasteiger partial charge in [-0.3, -0.25) is 0 Å². The summed E-state index contributed by atoms with van der Waals surface area (Å²) in [4.78, 5) is 4.94. The molecule has 0 spiro atoms. The lowest BCUT2D eigenvalue weighted by molar-refractivity contribution is 0.859. The second kappa shape index (κ2) is 18.0. The Balaban J connectivity index is 1.08. The van der Waals surface area contributed by atoms with E-state index in [1.165, 1.54) is 88.0 Å².